The van der Waals surface area contributed by atoms with E-state index >= 15 is 0 Å². The van der Waals surface area contributed by atoms with E-state index in [1.54, 1.807) is 0 Å². The quantitative estimate of drug-likeness (QED) is 0.778. The number of allylic oxidation sites excluding steroid dienone is 1. The van der Waals surface area contributed by atoms with Crippen LogP contribution in [0.1, 0.15) is 58.8 Å². The minimum atomic E-state index is -0.474. The van der Waals surface area contributed by atoms with Crippen LogP contribution in [0.3, 0.4) is 0 Å². The van der Waals surface area contributed by atoms with Gasteiger partial charge in [0.15, 0.2) is 0 Å². The molecule has 0 saturated carbocycles. The molecule has 0 aromatic heterocycles. The summed E-state index contributed by atoms with van der Waals surface area (Å²) >= 11 is 0. The van der Waals surface area contributed by atoms with Crippen LogP contribution >= 0.6 is 0 Å². The maximum Gasteiger partial charge on any atom is 0.0881 e. The molecule has 18 heavy (non-hydrogen) atoms. The monoisotopic (exact) mass is 251 g/mol. The number of aliphatic hydroxyl groups is 1. The Balaban J connectivity index is 1.91. The van der Waals surface area contributed by atoms with Crippen LogP contribution in [-0.2, 0) is 0 Å². The number of rotatable bonds is 3. The van der Waals surface area contributed by atoms with Crippen molar-refractivity contribution in [3.63, 3.8) is 0 Å². The zero-order valence-electron chi connectivity index (χ0n) is 12.1. The van der Waals surface area contributed by atoms with E-state index in [1.807, 2.05) is 0 Å². The summed E-state index contributed by atoms with van der Waals surface area (Å²) in [5, 5.41) is 10.9. The van der Waals surface area contributed by atoms with Crippen LogP contribution in [0.15, 0.2) is 11.6 Å². The molecule has 0 bridgehead atoms. The Labute approximate surface area is 112 Å². The summed E-state index contributed by atoms with van der Waals surface area (Å²) in [6.45, 7) is 7.84. The molecule has 0 spiro atoms. The SMILES string of the molecule is CC(C)CN1CCC(O)(C2=CCCCCC2)CC1. The molecule has 1 aliphatic heterocycles. The van der Waals surface area contributed by atoms with E-state index in [-0.39, 0.29) is 0 Å². The highest BCUT2D eigenvalue weighted by molar-refractivity contribution is 5.19. The molecule has 0 unspecified atom stereocenters. The van der Waals surface area contributed by atoms with Gasteiger partial charge in [0.1, 0.15) is 0 Å². The molecule has 1 saturated heterocycles. The fourth-order valence-electron chi connectivity index (χ4n) is 3.38. The molecular formula is C16H29NO. The van der Waals surface area contributed by atoms with E-state index in [1.165, 1.54) is 37.8 Å². The Morgan fingerprint density at radius 2 is 1.94 bits per heavy atom. The Hall–Kier alpha value is -0.340. The Kier molecular flexibility index (Phi) is 4.85. The van der Waals surface area contributed by atoms with E-state index < -0.39 is 5.60 Å². The third-order valence-corrected chi connectivity index (χ3v) is 4.45. The van der Waals surface area contributed by atoms with Crippen molar-refractivity contribution in [2.24, 2.45) is 5.92 Å². The van der Waals surface area contributed by atoms with Crippen LogP contribution < -0.4 is 0 Å². The zero-order chi connectivity index (χ0) is 13.0. The lowest BCUT2D eigenvalue weighted by molar-refractivity contribution is 0.00400. The zero-order valence-corrected chi connectivity index (χ0v) is 12.1. The minimum Gasteiger partial charge on any atom is -0.385 e. The van der Waals surface area contributed by atoms with Gasteiger partial charge in [0.05, 0.1) is 5.60 Å². The van der Waals surface area contributed by atoms with E-state index in [0.29, 0.717) is 0 Å². The van der Waals surface area contributed by atoms with Crippen molar-refractivity contribution in [1.29, 1.82) is 0 Å². The molecule has 1 fully saturated rings. The van der Waals surface area contributed by atoms with Gasteiger partial charge in [-0.15, -0.1) is 0 Å². The molecule has 0 amide bonds. The second-order valence-electron chi connectivity index (χ2n) is 6.55. The first-order chi connectivity index (χ1) is 8.60. The highest BCUT2D eigenvalue weighted by atomic mass is 16.3. The maximum atomic E-state index is 10.9. The Morgan fingerprint density at radius 3 is 2.61 bits per heavy atom. The first-order valence-electron chi connectivity index (χ1n) is 7.74. The smallest absolute Gasteiger partial charge is 0.0881 e. The highest BCUT2D eigenvalue weighted by Crippen LogP contribution is 2.34. The van der Waals surface area contributed by atoms with Gasteiger partial charge in [-0.05, 0) is 50.0 Å². The van der Waals surface area contributed by atoms with Gasteiger partial charge in [-0.2, -0.15) is 0 Å². The summed E-state index contributed by atoms with van der Waals surface area (Å²) in [6.07, 6.45) is 10.4. The fraction of sp³-hybridized carbons (Fsp3) is 0.875. The normalized spacial score (nSPS) is 25.9. The predicted octanol–water partition coefficient (Wildman–Crippen LogP) is 3.36. The average molecular weight is 251 g/mol. The van der Waals surface area contributed by atoms with Crippen LogP contribution in [0.2, 0.25) is 0 Å². The van der Waals surface area contributed by atoms with Crippen LogP contribution in [-0.4, -0.2) is 35.2 Å². The number of piperidine rings is 1. The number of nitrogens with zero attached hydrogens (tertiary/aromatic N) is 1. The molecule has 1 heterocycles. The van der Waals surface area contributed by atoms with Gasteiger partial charge in [0.2, 0.25) is 0 Å². The fourth-order valence-corrected chi connectivity index (χ4v) is 3.38. The Bertz CT molecular complexity index is 287. The minimum absolute atomic E-state index is 0.474. The number of hydrogen-bond donors (Lipinski definition) is 1. The molecule has 0 atom stereocenters. The summed E-state index contributed by atoms with van der Waals surface area (Å²) in [6, 6.07) is 0. The van der Waals surface area contributed by atoms with Gasteiger partial charge >= 0.3 is 0 Å². The molecule has 0 radical (unpaired) electrons. The van der Waals surface area contributed by atoms with Gasteiger partial charge in [-0.3, -0.25) is 0 Å². The van der Waals surface area contributed by atoms with Crippen LogP contribution in [0, 0.1) is 5.92 Å². The maximum absolute atomic E-state index is 10.9. The topological polar surface area (TPSA) is 23.5 Å². The standard InChI is InChI=1S/C16H29NO/c1-14(2)13-17-11-9-16(18,10-12-17)15-7-5-3-4-6-8-15/h7,14,18H,3-6,8-13H2,1-2H3. The molecule has 2 heteroatoms. The van der Waals surface area contributed by atoms with Crippen molar-refractivity contribution in [2.45, 2.75) is 64.4 Å². The first-order valence-corrected chi connectivity index (χ1v) is 7.74. The molecule has 2 rings (SSSR count). The van der Waals surface area contributed by atoms with Gasteiger partial charge in [-0.1, -0.05) is 26.3 Å². The van der Waals surface area contributed by atoms with Gasteiger partial charge in [-0.25, -0.2) is 0 Å². The van der Waals surface area contributed by atoms with Gasteiger partial charge < -0.3 is 10.0 Å². The summed E-state index contributed by atoms with van der Waals surface area (Å²) in [4.78, 5) is 2.51. The lowest BCUT2D eigenvalue weighted by atomic mass is 9.81. The van der Waals surface area contributed by atoms with Crippen molar-refractivity contribution in [3.8, 4) is 0 Å². The van der Waals surface area contributed by atoms with Crippen molar-refractivity contribution in [1.82, 2.24) is 4.90 Å². The van der Waals surface area contributed by atoms with Crippen LogP contribution in [0.5, 0.6) is 0 Å². The van der Waals surface area contributed by atoms with Crippen molar-refractivity contribution < 1.29 is 5.11 Å². The summed E-state index contributed by atoms with van der Waals surface area (Å²) in [5.41, 5.74) is 0.877. The molecular weight excluding hydrogens is 222 g/mol. The van der Waals surface area contributed by atoms with Crippen molar-refractivity contribution in [2.75, 3.05) is 19.6 Å². The van der Waals surface area contributed by atoms with Crippen molar-refractivity contribution in [3.05, 3.63) is 11.6 Å². The highest BCUT2D eigenvalue weighted by Gasteiger charge is 2.35. The molecule has 2 nitrogen and oxygen atoms in total. The molecule has 0 aromatic rings. The third kappa shape index (κ3) is 3.58. The Morgan fingerprint density at radius 1 is 1.22 bits per heavy atom. The van der Waals surface area contributed by atoms with E-state index in [4.69, 9.17) is 0 Å². The third-order valence-electron chi connectivity index (χ3n) is 4.45. The number of hydrogen-bond acceptors (Lipinski definition) is 2. The largest absolute Gasteiger partial charge is 0.385 e. The molecule has 1 aliphatic carbocycles. The molecule has 2 aliphatic rings. The first kappa shape index (κ1) is 14.1. The molecule has 0 aromatic carbocycles. The molecule has 104 valence electrons. The van der Waals surface area contributed by atoms with Gasteiger partial charge in [0.25, 0.3) is 0 Å². The average Bonchev–Trinajstić information content (AvgIpc) is 2.61. The lowest BCUT2D eigenvalue weighted by Gasteiger charge is -2.40. The van der Waals surface area contributed by atoms with Crippen molar-refractivity contribution >= 4 is 0 Å². The predicted molar refractivity (Wildman–Crippen MR) is 76.6 cm³/mol. The second-order valence-corrected chi connectivity index (χ2v) is 6.55. The second kappa shape index (κ2) is 6.21. The van der Waals surface area contributed by atoms with Gasteiger partial charge in [0, 0.05) is 19.6 Å². The molecule has 1 N–H and O–H groups in total. The number of likely N-dealkylation sites (tertiary alicyclic amines) is 1. The summed E-state index contributed by atoms with van der Waals surface area (Å²) in [5.74, 6) is 0.730. The van der Waals surface area contributed by atoms with Crippen LogP contribution in [0.4, 0.5) is 0 Å². The summed E-state index contributed by atoms with van der Waals surface area (Å²) < 4.78 is 0. The summed E-state index contributed by atoms with van der Waals surface area (Å²) in [7, 11) is 0. The van der Waals surface area contributed by atoms with E-state index in [9.17, 15) is 5.11 Å². The van der Waals surface area contributed by atoms with E-state index in [2.05, 4.69) is 24.8 Å². The lowest BCUT2D eigenvalue weighted by Crippen LogP contribution is -2.46. The van der Waals surface area contributed by atoms with E-state index in [0.717, 1.165) is 38.3 Å². The van der Waals surface area contributed by atoms with Crippen LogP contribution in [0.25, 0.3) is 0 Å².